The fourth-order valence-corrected chi connectivity index (χ4v) is 2.61. The van der Waals surface area contributed by atoms with Crippen LogP contribution < -0.4 is 33.2 Å². The molecule has 13 heteroatoms. The second-order valence-electron chi connectivity index (χ2n) is 6.82. The first-order valence-corrected chi connectivity index (χ1v) is 9.75. The molecule has 1 aromatic rings. The first kappa shape index (κ1) is 26.2. The van der Waals surface area contributed by atoms with E-state index in [2.05, 4.69) is 20.9 Å². The topological polar surface area (TPSA) is 235 Å². The van der Waals surface area contributed by atoms with E-state index in [-0.39, 0.29) is 37.6 Å². The summed E-state index contributed by atoms with van der Waals surface area (Å²) in [6.45, 7) is -0.516. The van der Waals surface area contributed by atoms with Gasteiger partial charge in [-0.25, -0.2) is 4.79 Å². The van der Waals surface area contributed by atoms with E-state index in [0.717, 1.165) is 0 Å². The maximum atomic E-state index is 12.8. The Hall–Kier alpha value is -3.87. The Labute approximate surface area is 184 Å². The molecule has 0 heterocycles. The van der Waals surface area contributed by atoms with Crippen LogP contribution in [0.15, 0.2) is 29.3 Å². The molecule has 0 bridgehead atoms. The van der Waals surface area contributed by atoms with Gasteiger partial charge in [0.05, 0.1) is 13.1 Å². The van der Waals surface area contributed by atoms with Gasteiger partial charge in [-0.2, -0.15) is 0 Å². The third kappa shape index (κ3) is 10.2. The summed E-state index contributed by atoms with van der Waals surface area (Å²) in [4.78, 5) is 51.5. The van der Waals surface area contributed by atoms with Crippen LogP contribution in [-0.2, 0) is 25.6 Å². The first-order chi connectivity index (χ1) is 15.1. The van der Waals surface area contributed by atoms with Gasteiger partial charge in [0.2, 0.25) is 17.7 Å². The van der Waals surface area contributed by atoms with E-state index < -0.39 is 42.3 Å². The molecule has 13 nitrogen and oxygen atoms in total. The van der Waals surface area contributed by atoms with E-state index in [0.29, 0.717) is 12.0 Å². The minimum atomic E-state index is -1.26. The Morgan fingerprint density at radius 1 is 1.00 bits per heavy atom. The Morgan fingerprint density at radius 2 is 1.66 bits per heavy atom. The molecule has 0 unspecified atom stereocenters. The SMILES string of the molecule is NCC(=O)NCC(=O)N[C@@H](Cc1ccc(O)cc1)C(=O)N[C@@H](CCCN=C(N)N)C(=O)O. The quantitative estimate of drug-likeness (QED) is 0.0871. The molecule has 1 rings (SSSR count). The maximum absolute atomic E-state index is 12.8. The number of carbonyl (C=O) groups is 4. The Bertz CT molecular complexity index is 824. The lowest BCUT2D eigenvalue weighted by molar-refractivity contribution is -0.142. The normalized spacial score (nSPS) is 12.2. The molecule has 0 aliphatic heterocycles. The number of aromatic hydroxyl groups is 1. The van der Waals surface area contributed by atoms with Gasteiger partial charge >= 0.3 is 5.97 Å². The van der Waals surface area contributed by atoms with E-state index >= 15 is 0 Å². The monoisotopic (exact) mass is 451 g/mol. The number of nitrogens with one attached hydrogen (secondary N) is 3. The van der Waals surface area contributed by atoms with Gasteiger partial charge in [-0.15, -0.1) is 0 Å². The molecule has 0 spiro atoms. The van der Waals surface area contributed by atoms with Gasteiger partial charge in [-0.1, -0.05) is 12.1 Å². The van der Waals surface area contributed by atoms with Gasteiger partial charge in [-0.3, -0.25) is 19.4 Å². The number of nitrogens with two attached hydrogens (primary N) is 3. The van der Waals surface area contributed by atoms with E-state index in [4.69, 9.17) is 17.2 Å². The van der Waals surface area contributed by atoms with E-state index in [1.54, 1.807) is 12.1 Å². The molecule has 1 aromatic carbocycles. The zero-order valence-corrected chi connectivity index (χ0v) is 17.4. The molecule has 0 radical (unpaired) electrons. The average Bonchev–Trinajstić information content (AvgIpc) is 2.74. The molecule has 176 valence electrons. The molecule has 2 atom stereocenters. The number of phenols is 1. The summed E-state index contributed by atoms with van der Waals surface area (Å²) in [5.41, 5.74) is 16.2. The molecule has 0 aliphatic rings. The second kappa shape index (κ2) is 13.4. The minimum absolute atomic E-state index is 0.0169. The van der Waals surface area contributed by atoms with Gasteiger partial charge < -0.3 is 43.4 Å². The third-order valence-corrected chi connectivity index (χ3v) is 4.22. The van der Waals surface area contributed by atoms with Crippen LogP contribution in [0.1, 0.15) is 18.4 Å². The highest BCUT2D eigenvalue weighted by Crippen LogP contribution is 2.12. The predicted octanol–water partition coefficient (Wildman–Crippen LogP) is -2.88. The molecule has 0 aromatic heterocycles. The predicted molar refractivity (Wildman–Crippen MR) is 115 cm³/mol. The summed E-state index contributed by atoms with van der Waals surface area (Å²) >= 11 is 0. The summed E-state index contributed by atoms with van der Waals surface area (Å²) in [6, 6.07) is 3.58. The van der Waals surface area contributed by atoms with Crippen LogP contribution in [0.2, 0.25) is 0 Å². The van der Waals surface area contributed by atoms with Crippen LogP contribution in [0, 0.1) is 0 Å². The second-order valence-corrected chi connectivity index (χ2v) is 6.82. The Kier molecular flexibility index (Phi) is 11.0. The number of aliphatic imine (C=N–C) groups is 1. The largest absolute Gasteiger partial charge is 0.508 e. The van der Waals surface area contributed by atoms with Crippen molar-refractivity contribution in [1.82, 2.24) is 16.0 Å². The van der Waals surface area contributed by atoms with Crippen molar-refractivity contribution >= 4 is 29.7 Å². The Balaban J connectivity index is 2.86. The summed E-state index contributed by atoms with van der Waals surface area (Å²) in [5.74, 6) is -3.30. The molecular formula is C19H29N7O6. The number of carboxylic acids is 1. The standard InChI is InChI=1S/C19H29N7O6/c20-9-15(28)24-10-16(29)25-14(8-11-3-5-12(27)6-4-11)17(30)26-13(18(31)32)2-1-7-23-19(21)22/h3-6,13-14,27H,1-2,7-10,20H2,(H,24,28)(H,25,29)(H,26,30)(H,31,32)(H4,21,22,23)/t13-,14-/m0/s1. The number of rotatable bonds is 13. The number of aliphatic carboxylic acids is 1. The lowest BCUT2D eigenvalue weighted by Crippen LogP contribution is -2.54. The number of benzene rings is 1. The zero-order valence-electron chi connectivity index (χ0n) is 17.4. The molecule has 0 fully saturated rings. The van der Waals surface area contributed by atoms with Crippen molar-refractivity contribution in [3.63, 3.8) is 0 Å². The molecule has 11 N–H and O–H groups in total. The zero-order chi connectivity index (χ0) is 24.1. The average molecular weight is 451 g/mol. The third-order valence-electron chi connectivity index (χ3n) is 4.22. The van der Waals surface area contributed by atoms with Crippen molar-refractivity contribution in [2.45, 2.75) is 31.3 Å². The highest BCUT2D eigenvalue weighted by Gasteiger charge is 2.26. The fraction of sp³-hybridized carbons (Fsp3) is 0.421. The van der Waals surface area contributed by atoms with Gasteiger partial charge in [0.1, 0.15) is 17.8 Å². The fourth-order valence-electron chi connectivity index (χ4n) is 2.61. The molecular weight excluding hydrogens is 422 g/mol. The van der Waals surface area contributed by atoms with Crippen molar-refractivity contribution < 1.29 is 29.4 Å². The highest BCUT2D eigenvalue weighted by molar-refractivity contribution is 5.92. The van der Waals surface area contributed by atoms with Crippen molar-refractivity contribution in [3.05, 3.63) is 29.8 Å². The van der Waals surface area contributed by atoms with E-state index in [1.807, 2.05) is 0 Å². The van der Waals surface area contributed by atoms with Crippen LogP contribution in [0.5, 0.6) is 5.75 Å². The van der Waals surface area contributed by atoms with Crippen molar-refractivity contribution in [2.75, 3.05) is 19.6 Å². The summed E-state index contributed by atoms with van der Waals surface area (Å²) < 4.78 is 0. The lowest BCUT2D eigenvalue weighted by atomic mass is 10.0. The van der Waals surface area contributed by atoms with Crippen LogP contribution >= 0.6 is 0 Å². The summed E-state index contributed by atoms with van der Waals surface area (Å²) in [6.07, 6.45) is 0.378. The molecule has 0 saturated heterocycles. The number of carbonyl (C=O) groups excluding carboxylic acids is 3. The summed E-state index contributed by atoms with van der Waals surface area (Å²) in [5, 5.41) is 26.0. The van der Waals surface area contributed by atoms with Crippen molar-refractivity contribution in [2.24, 2.45) is 22.2 Å². The Morgan fingerprint density at radius 3 is 2.22 bits per heavy atom. The number of hydrogen-bond donors (Lipinski definition) is 8. The van der Waals surface area contributed by atoms with Crippen LogP contribution in [0.25, 0.3) is 0 Å². The molecule has 3 amide bonds. The molecule has 0 saturated carbocycles. The van der Waals surface area contributed by atoms with E-state index in [1.165, 1.54) is 12.1 Å². The van der Waals surface area contributed by atoms with Gasteiger partial charge in [-0.05, 0) is 30.5 Å². The minimum Gasteiger partial charge on any atom is -0.508 e. The van der Waals surface area contributed by atoms with Crippen molar-refractivity contribution in [1.29, 1.82) is 0 Å². The first-order valence-electron chi connectivity index (χ1n) is 9.75. The van der Waals surface area contributed by atoms with Crippen LogP contribution in [0.4, 0.5) is 0 Å². The number of hydrogen-bond acceptors (Lipinski definition) is 7. The number of amides is 3. The van der Waals surface area contributed by atoms with Gasteiger partial charge in [0.25, 0.3) is 0 Å². The lowest BCUT2D eigenvalue weighted by Gasteiger charge is -2.22. The van der Waals surface area contributed by atoms with Gasteiger partial charge in [0, 0.05) is 13.0 Å². The van der Waals surface area contributed by atoms with Crippen molar-refractivity contribution in [3.8, 4) is 5.75 Å². The number of guanidine groups is 1. The van der Waals surface area contributed by atoms with Gasteiger partial charge in [0.15, 0.2) is 5.96 Å². The highest BCUT2D eigenvalue weighted by atomic mass is 16.4. The smallest absolute Gasteiger partial charge is 0.326 e. The number of carboxylic acid groups (broad SMARTS) is 1. The van der Waals surface area contributed by atoms with E-state index in [9.17, 15) is 29.4 Å². The number of nitrogens with zero attached hydrogens (tertiary/aromatic N) is 1. The summed E-state index contributed by atoms with van der Waals surface area (Å²) in [7, 11) is 0. The van der Waals surface area contributed by atoms with Crippen LogP contribution in [-0.4, -0.2) is 71.6 Å². The van der Waals surface area contributed by atoms with Crippen LogP contribution in [0.3, 0.4) is 0 Å². The molecule has 0 aliphatic carbocycles. The molecule has 32 heavy (non-hydrogen) atoms. The maximum Gasteiger partial charge on any atom is 0.326 e. The number of phenolic OH excluding ortho intramolecular Hbond substituents is 1.